The fraction of sp³-hybridized carbons (Fsp3) is 0.118. The van der Waals surface area contributed by atoms with Crippen LogP contribution in [0.2, 0.25) is 10.0 Å². The van der Waals surface area contributed by atoms with Gasteiger partial charge in [0.25, 0.3) is 5.91 Å². The van der Waals surface area contributed by atoms with Gasteiger partial charge in [-0.05, 0) is 29.5 Å². The highest BCUT2D eigenvalue weighted by Crippen LogP contribution is 2.31. The van der Waals surface area contributed by atoms with Gasteiger partial charge in [0.15, 0.2) is 0 Å². The van der Waals surface area contributed by atoms with Crippen molar-refractivity contribution in [3.05, 3.63) is 63.6 Å². The summed E-state index contributed by atoms with van der Waals surface area (Å²) >= 11 is 12.0. The quantitative estimate of drug-likeness (QED) is 0.480. The lowest BCUT2D eigenvalue weighted by molar-refractivity contribution is -0.137. The molecule has 0 aliphatic rings. The molecule has 3 rings (SSSR count). The van der Waals surface area contributed by atoms with Crippen LogP contribution < -0.4 is 5.43 Å². The van der Waals surface area contributed by atoms with Crippen LogP contribution in [-0.4, -0.2) is 32.3 Å². The zero-order valence-corrected chi connectivity index (χ0v) is 15.9. The van der Waals surface area contributed by atoms with E-state index in [0.29, 0.717) is 15.6 Å². The van der Waals surface area contributed by atoms with E-state index in [-0.39, 0.29) is 17.9 Å². The average molecular weight is 443 g/mol. The zero-order valence-electron chi connectivity index (χ0n) is 14.4. The van der Waals surface area contributed by atoms with Crippen LogP contribution in [0.5, 0.6) is 0 Å². The van der Waals surface area contributed by atoms with Crippen LogP contribution >= 0.6 is 23.2 Å². The number of alkyl halides is 3. The van der Waals surface area contributed by atoms with Crippen molar-refractivity contribution in [3.8, 4) is 11.4 Å². The largest absolute Gasteiger partial charge is 0.416 e. The second kappa shape index (κ2) is 8.58. The predicted octanol–water partition coefficient (Wildman–Crippen LogP) is 3.82. The van der Waals surface area contributed by atoms with Gasteiger partial charge in [0.2, 0.25) is 5.82 Å². The van der Waals surface area contributed by atoms with Crippen molar-refractivity contribution < 1.29 is 18.0 Å². The zero-order chi connectivity index (χ0) is 21.0. The molecule has 0 spiro atoms. The van der Waals surface area contributed by atoms with Crippen LogP contribution in [0.1, 0.15) is 11.1 Å². The van der Waals surface area contributed by atoms with Crippen LogP contribution in [0.15, 0.2) is 47.6 Å². The second-order valence-electron chi connectivity index (χ2n) is 5.65. The molecule has 0 saturated heterocycles. The molecule has 0 saturated carbocycles. The summed E-state index contributed by atoms with van der Waals surface area (Å²) in [6, 6.07) is 9.38. The lowest BCUT2D eigenvalue weighted by atomic mass is 10.1. The van der Waals surface area contributed by atoms with Gasteiger partial charge in [0, 0.05) is 11.1 Å². The molecule has 1 heterocycles. The number of rotatable bonds is 5. The third kappa shape index (κ3) is 5.30. The van der Waals surface area contributed by atoms with Crippen molar-refractivity contribution in [2.45, 2.75) is 12.7 Å². The molecule has 0 aliphatic carbocycles. The molecule has 2 aromatic carbocycles. The Morgan fingerprint density at radius 3 is 2.55 bits per heavy atom. The smallest absolute Gasteiger partial charge is 0.271 e. The molecule has 0 fully saturated rings. The number of hydrogen-bond donors (Lipinski definition) is 1. The first-order valence-corrected chi connectivity index (χ1v) is 8.71. The number of tetrazole rings is 1. The number of hydrogen-bond acceptors (Lipinski definition) is 5. The molecule has 1 amide bonds. The van der Waals surface area contributed by atoms with Crippen molar-refractivity contribution in [2.75, 3.05) is 0 Å². The Kier molecular flexibility index (Phi) is 6.14. The third-order valence-electron chi connectivity index (χ3n) is 3.57. The molecule has 1 aromatic heterocycles. The van der Waals surface area contributed by atoms with Crippen molar-refractivity contribution >= 4 is 35.3 Å². The molecular formula is C17H11Cl2F3N6O. The van der Waals surface area contributed by atoms with Crippen LogP contribution in [0, 0.1) is 0 Å². The van der Waals surface area contributed by atoms with Gasteiger partial charge >= 0.3 is 6.18 Å². The molecule has 7 nitrogen and oxygen atoms in total. The fourth-order valence-electron chi connectivity index (χ4n) is 2.23. The summed E-state index contributed by atoms with van der Waals surface area (Å²) in [5.74, 6) is -0.632. The maximum atomic E-state index is 12.8. The van der Waals surface area contributed by atoms with Gasteiger partial charge in [0.05, 0.1) is 21.8 Å². The van der Waals surface area contributed by atoms with Gasteiger partial charge in [-0.1, -0.05) is 41.4 Å². The van der Waals surface area contributed by atoms with E-state index in [1.807, 2.05) is 0 Å². The molecule has 29 heavy (non-hydrogen) atoms. The number of hydrazone groups is 1. The minimum absolute atomic E-state index is 0.0461. The molecule has 1 N–H and O–H groups in total. The molecule has 0 radical (unpaired) electrons. The molecule has 3 aromatic rings. The first-order valence-electron chi connectivity index (χ1n) is 7.95. The highest BCUT2D eigenvalue weighted by atomic mass is 35.5. The Hall–Kier alpha value is -2.98. The summed E-state index contributed by atoms with van der Waals surface area (Å²) in [7, 11) is 0. The number of carbonyl (C=O) groups excluding carboxylic acids is 1. The van der Waals surface area contributed by atoms with E-state index in [1.54, 1.807) is 18.2 Å². The first kappa shape index (κ1) is 20.7. The molecule has 150 valence electrons. The first-order chi connectivity index (χ1) is 13.7. The molecule has 0 unspecified atom stereocenters. The standard InChI is InChI=1S/C17H11Cl2F3N6O/c18-13-5-2-6-14(19)12(13)8-23-24-15(29)9-28-26-16(25-27-28)10-3-1-4-11(7-10)17(20,21)22/h1-8H,9H2,(H,24,29). The maximum absolute atomic E-state index is 12.8. The van der Waals surface area contributed by atoms with E-state index in [0.717, 1.165) is 16.9 Å². The maximum Gasteiger partial charge on any atom is 0.416 e. The van der Waals surface area contributed by atoms with Gasteiger partial charge in [-0.2, -0.15) is 23.1 Å². The molecule has 0 atom stereocenters. The SMILES string of the molecule is O=C(Cn1nnc(-c2cccc(C(F)(F)F)c2)n1)NN=Cc1c(Cl)cccc1Cl. The summed E-state index contributed by atoms with van der Waals surface area (Å²) in [6.45, 7) is -0.348. The Morgan fingerprint density at radius 1 is 1.17 bits per heavy atom. The minimum Gasteiger partial charge on any atom is -0.271 e. The average Bonchev–Trinajstić information content (AvgIpc) is 3.12. The summed E-state index contributed by atoms with van der Waals surface area (Å²) in [4.78, 5) is 12.9. The van der Waals surface area contributed by atoms with E-state index in [1.165, 1.54) is 18.3 Å². The van der Waals surface area contributed by atoms with E-state index in [2.05, 4.69) is 25.9 Å². The molecular weight excluding hydrogens is 432 g/mol. The Labute approximate surface area is 172 Å². The minimum atomic E-state index is -4.49. The monoisotopic (exact) mass is 442 g/mol. The molecule has 0 aliphatic heterocycles. The van der Waals surface area contributed by atoms with E-state index in [9.17, 15) is 18.0 Å². The van der Waals surface area contributed by atoms with E-state index in [4.69, 9.17) is 23.2 Å². The molecule has 12 heteroatoms. The summed E-state index contributed by atoms with van der Waals surface area (Å²) in [6.07, 6.45) is -3.21. The number of nitrogens with zero attached hydrogens (tertiary/aromatic N) is 5. The number of aromatic nitrogens is 4. The van der Waals surface area contributed by atoms with Crippen molar-refractivity contribution in [3.63, 3.8) is 0 Å². The number of benzene rings is 2. The van der Waals surface area contributed by atoms with Gasteiger partial charge < -0.3 is 0 Å². The second-order valence-corrected chi connectivity index (χ2v) is 6.46. The van der Waals surface area contributed by atoms with E-state index < -0.39 is 17.6 Å². The highest BCUT2D eigenvalue weighted by Gasteiger charge is 2.30. The van der Waals surface area contributed by atoms with Crippen LogP contribution in [0.4, 0.5) is 13.2 Å². The fourth-order valence-corrected chi connectivity index (χ4v) is 2.72. The van der Waals surface area contributed by atoms with Gasteiger partial charge in [-0.3, -0.25) is 4.79 Å². The number of halogens is 5. The van der Waals surface area contributed by atoms with Crippen LogP contribution in [-0.2, 0) is 17.5 Å². The highest BCUT2D eigenvalue weighted by molar-refractivity contribution is 6.38. The van der Waals surface area contributed by atoms with Gasteiger partial charge in [-0.25, -0.2) is 5.43 Å². The normalized spacial score (nSPS) is 11.8. The van der Waals surface area contributed by atoms with Crippen molar-refractivity contribution in [2.24, 2.45) is 5.10 Å². The lowest BCUT2D eigenvalue weighted by Crippen LogP contribution is -2.24. The van der Waals surface area contributed by atoms with Crippen LogP contribution in [0.3, 0.4) is 0 Å². The van der Waals surface area contributed by atoms with E-state index >= 15 is 0 Å². The summed E-state index contributed by atoms with van der Waals surface area (Å²) < 4.78 is 38.4. The van der Waals surface area contributed by atoms with Crippen molar-refractivity contribution in [1.82, 2.24) is 25.6 Å². The number of carbonyl (C=O) groups is 1. The van der Waals surface area contributed by atoms with Gasteiger partial charge in [0.1, 0.15) is 6.54 Å². The molecule has 0 bridgehead atoms. The topological polar surface area (TPSA) is 85.1 Å². The lowest BCUT2D eigenvalue weighted by Gasteiger charge is -2.06. The predicted molar refractivity (Wildman–Crippen MR) is 100 cm³/mol. The third-order valence-corrected chi connectivity index (χ3v) is 4.23. The van der Waals surface area contributed by atoms with Gasteiger partial charge in [-0.15, -0.1) is 10.2 Å². The Bertz CT molecular complexity index is 1050. The van der Waals surface area contributed by atoms with Crippen molar-refractivity contribution in [1.29, 1.82) is 0 Å². The number of amides is 1. The number of nitrogens with one attached hydrogen (secondary N) is 1. The van der Waals surface area contributed by atoms with Crippen LogP contribution in [0.25, 0.3) is 11.4 Å². The Morgan fingerprint density at radius 2 is 1.86 bits per heavy atom. The summed E-state index contributed by atoms with van der Waals surface area (Å²) in [5.41, 5.74) is 1.97. The Balaban J connectivity index is 1.64. The summed E-state index contributed by atoms with van der Waals surface area (Å²) in [5, 5.41) is 15.7.